The third-order valence-electron chi connectivity index (χ3n) is 9.20. The van der Waals surface area contributed by atoms with Crippen molar-refractivity contribution < 1.29 is 19.0 Å². The number of carbonyl (C=O) groups is 1. The third kappa shape index (κ3) is 4.91. The Morgan fingerprint density at radius 3 is 2.61 bits per heavy atom. The van der Waals surface area contributed by atoms with Crippen LogP contribution in [0.5, 0.6) is 11.6 Å². The molecule has 1 saturated heterocycles. The zero-order valence-electron chi connectivity index (χ0n) is 25.7. The van der Waals surface area contributed by atoms with Gasteiger partial charge < -0.3 is 29.6 Å². The number of rotatable bonds is 6. The quantitative estimate of drug-likeness (QED) is 0.254. The Labute approximate surface area is 264 Å². The molecule has 0 radical (unpaired) electrons. The minimum Gasteiger partial charge on any atom is -0.494 e. The number of aromatic nitrogens is 5. The number of aryl methyl sites for hydroxylation is 1. The highest BCUT2D eigenvalue weighted by atomic mass is 19.1. The molecule has 8 rings (SSSR count). The molecule has 0 unspecified atom stereocenters. The molecule has 6 aromatic rings. The van der Waals surface area contributed by atoms with E-state index in [1.165, 1.54) is 17.7 Å². The molecule has 2 atom stereocenters. The number of carbonyl (C=O) groups excluding carboxylic acids is 1. The summed E-state index contributed by atoms with van der Waals surface area (Å²) in [5.41, 5.74) is 12.1. The Hall–Kier alpha value is -5.03. The molecular formula is C35H34FN7O3. The van der Waals surface area contributed by atoms with Crippen molar-refractivity contribution in [3.8, 4) is 34.4 Å². The number of halogens is 1. The summed E-state index contributed by atoms with van der Waals surface area (Å²) >= 11 is 0. The summed E-state index contributed by atoms with van der Waals surface area (Å²) in [6, 6.07) is 18.6. The first kappa shape index (κ1) is 28.4. The molecule has 1 amide bonds. The summed E-state index contributed by atoms with van der Waals surface area (Å²) in [7, 11) is 3.52. The number of imidazole rings is 1. The minimum absolute atomic E-state index is 0.00529. The van der Waals surface area contributed by atoms with E-state index < -0.39 is 12.2 Å². The van der Waals surface area contributed by atoms with Crippen molar-refractivity contribution in [1.82, 2.24) is 29.0 Å². The number of hydrogen-bond acceptors (Lipinski definition) is 7. The third-order valence-corrected chi connectivity index (χ3v) is 9.20. The van der Waals surface area contributed by atoms with Crippen LogP contribution in [0.4, 0.5) is 4.39 Å². The fourth-order valence-electron chi connectivity index (χ4n) is 6.73. The number of pyridine rings is 2. The van der Waals surface area contributed by atoms with Crippen LogP contribution in [0, 0.1) is 5.92 Å². The second-order valence-electron chi connectivity index (χ2n) is 12.6. The standard InChI is InChI=1S/C35H34FN7O3/c1-41-32-28(12-23(14-30(32)46-2)35(45)42-17-24(36)15-25(37)18-42)40-34(41)29-13-22-6-9-27(39-33(22)43(29)16-19-3-4-19)20-5-8-26-21(11-20)7-10-31(44)38-26/h5-14,19,24-25H,3-4,15-18,37H2,1-2H3,(H,38,44)/t24-,25-/m1/s1. The SMILES string of the molecule is COc1cc(C(=O)N2C[C@H](N)C[C@@H](F)C2)cc2nc(-c3cc4ccc(-c5ccc6nc(O)ccc6c5)nc4n3CC3CC3)n(C)c12. The number of alkyl halides is 1. The van der Waals surface area contributed by atoms with Gasteiger partial charge in [0.15, 0.2) is 5.82 Å². The van der Waals surface area contributed by atoms with Crippen LogP contribution < -0.4 is 10.5 Å². The maximum atomic E-state index is 14.3. The van der Waals surface area contributed by atoms with Gasteiger partial charge in [0.25, 0.3) is 5.91 Å². The van der Waals surface area contributed by atoms with E-state index >= 15 is 0 Å². The Bertz CT molecular complexity index is 2160. The van der Waals surface area contributed by atoms with Gasteiger partial charge in [-0.15, -0.1) is 0 Å². The van der Waals surface area contributed by atoms with E-state index in [1.54, 1.807) is 25.3 Å². The van der Waals surface area contributed by atoms with Crippen LogP contribution in [0.15, 0.2) is 60.7 Å². The highest BCUT2D eigenvalue weighted by Crippen LogP contribution is 2.38. The monoisotopic (exact) mass is 619 g/mol. The van der Waals surface area contributed by atoms with E-state index in [4.69, 9.17) is 20.4 Å². The molecule has 1 saturated carbocycles. The number of fused-ring (bicyclic) bond motifs is 3. The van der Waals surface area contributed by atoms with Crippen LogP contribution in [0.25, 0.3) is 55.7 Å². The van der Waals surface area contributed by atoms with Crippen molar-refractivity contribution in [2.24, 2.45) is 18.7 Å². The van der Waals surface area contributed by atoms with Crippen LogP contribution in [-0.2, 0) is 13.6 Å². The zero-order chi connectivity index (χ0) is 31.7. The maximum Gasteiger partial charge on any atom is 0.254 e. The van der Waals surface area contributed by atoms with Gasteiger partial charge in [0.05, 0.1) is 36.1 Å². The minimum atomic E-state index is -1.14. The number of aromatic hydroxyl groups is 1. The van der Waals surface area contributed by atoms with Crippen LogP contribution in [-0.4, -0.2) is 72.4 Å². The number of benzene rings is 2. The van der Waals surface area contributed by atoms with E-state index in [9.17, 15) is 14.3 Å². The molecule has 1 aliphatic carbocycles. The second-order valence-corrected chi connectivity index (χ2v) is 12.6. The Morgan fingerprint density at radius 2 is 1.83 bits per heavy atom. The first-order valence-corrected chi connectivity index (χ1v) is 15.6. The Morgan fingerprint density at radius 1 is 1.00 bits per heavy atom. The summed E-state index contributed by atoms with van der Waals surface area (Å²) in [6.07, 6.45) is 1.46. The summed E-state index contributed by atoms with van der Waals surface area (Å²) in [6.45, 7) is 1.15. The molecular weight excluding hydrogens is 585 g/mol. The average Bonchev–Trinajstić information content (AvgIpc) is 3.72. The number of ether oxygens (including phenoxy) is 1. The lowest BCUT2D eigenvalue weighted by atomic mass is 10.0. The lowest BCUT2D eigenvalue weighted by molar-refractivity contribution is 0.0606. The van der Waals surface area contributed by atoms with Gasteiger partial charge in [0.2, 0.25) is 5.88 Å². The van der Waals surface area contributed by atoms with Crippen molar-refractivity contribution in [3.63, 3.8) is 0 Å². The van der Waals surface area contributed by atoms with Crippen molar-refractivity contribution >= 4 is 38.9 Å². The number of amides is 1. The van der Waals surface area contributed by atoms with Gasteiger partial charge in [0, 0.05) is 54.1 Å². The topological polar surface area (TPSA) is 124 Å². The van der Waals surface area contributed by atoms with Crippen LogP contribution >= 0.6 is 0 Å². The average molecular weight is 620 g/mol. The molecule has 0 bridgehead atoms. The first-order valence-electron chi connectivity index (χ1n) is 15.6. The molecule has 234 valence electrons. The highest BCUT2D eigenvalue weighted by Gasteiger charge is 2.30. The largest absolute Gasteiger partial charge is 0.494 e. The molecule has 2 aromatic carbocycles. The number of methoxy groups -OCH3 is 1. The van der Waals surface area contributed by atoms with Gasteiger partial charge in [-0.3, -0.25) is 4.79 Å². The van der Waals surface area contributed by atoms with Crippen molar-refractivity contribution in [2.45, 2.75) is 38.0 Å². The molecule has 2 aliphatic rings. The van der Waals surface area contributed by atoms with Gasteiger partial charge in [-0.05, 0) is 73.7 Å². The smallest absolute Gasteiger partial charge is 0.254 e. The first-order chi connectivity index (χ1) is 22.2. The van der Waals surface area contributed by atoms with Gasteiger partial charge in [-0.1, -0.05) is 6.07 Å². The molecule has 5 heterocycles. The van der Waals surface area contributed by atoms with E-state index in [2.05, 4.69) is 21.7 Å². The summed E-state index contributed by atoms with van der Waals surface area (Å²) in [5, 5.41) is 11.7. The Kier molecular flexibility index (Phi) is 6.68. The Balaban J connectivity index is 1.23. The summed E-state index contributed by atoms with van der Waals surface area (Å²) < 4.78 is 24.3. The number of nitrogens with two attached hydrogens (primary N) is 1. The molecule has 0 spiro atoms. The number of likely N-dealkylation sites (tertiary alicyclic amines) is 1. The number of hydrogen-bond donors (Lipinski definition) is 2. The van der Waals surface area contributed by atoms with Gasteiger partial charge in [-0.25, -0.2) is 19.3 Å². The highest BCUT2D eigenvalue weighted by molar-refractivity contribution is 6.00. The molecule has 1 aliphatic heterocycles. The summed E-state index contributed by atoms with van der Waals surface area (Å²) in [5.74, 6) is 1.53. The fraction of sp³-hybridized carbons (Fsp3) is 0.314. The number of nitrogens with zero attached hydrogens (tertiary/aromatic N) is 6. The van der Waals surface area contributed by atoms with Gasteiger partial charge in [0.1, 0.15) is 23.1 Å². The normalized spacial score (nSPS) is 18.6. The zero-order valence-corrected chi connectivity index (χ0v) is 25.7. The maximum absolute atomic E-state index is 14.3. The number of piperidine rings is 1. The van der Waals surface area contributed by atoms with Crippen molar-refractivity contribution in [2.75, 3.05) is 20.2 Å². The lowest BCUT2D eigenvalue weighted by Gasteiger charge is -2.33. The molecule has 11 heteroatoms. The van der Waals surface area contributed by atoms with E-state index in [0.717, 1.165) is 56.8 Å². The predicted octanol–water partition coefficient (Wildman–Crippen LogP) is 5.44. The van der Waals surface area contributed by atoms with E-state index in [1.807, 2.05) is 41.9 Å². The van der Waals surface area contributed by atoms with Crippen molar-refractivity contribution in [3.05, 3.63) is 66.2 Å². The van der Waals surface area contributed by atoms with E-state index in [-0.39, 0.29) is 24.8 Å². The molecule has 46 heavy (non-hydrogen) atoms. The molecule has 4 aromatic heterocycles. The summed E-state index contributed by atoms with van der Waals surface area (Å²) in [4.78, 5) is 29.4. The molecule has 2 fully saturated rings. The van der Waals surface area contributed by atoms with Crippen molar-refractivity contribution in [1.29, 1.82) is 0 Å². The van der Waals surface area contributed by atoms with E-state index in [0.29, 0.717) is 29.3 Å². The molecule has 10 nitrogen and oxygen atoms in total. The second kappa shape index (κ2) is 10.8. The lowest BCUT2D eigenvalue weighted by Crippen LogP contribution is -2.50. The van der Waals surface area contributed by atoms with Crippen LogP contribution in [0.2, 0.25) is 0 Å². The van der Waals surface area contributed by atoms with Gasteiger partial charge >= 0.3 is 0 Å². The van der Waals surface area contributed by atoms with Gasteiger partial charge in [-0.2, -0.15) is 0 Å². The predicted molar refractivity (Wildman–Crippen MR) is 175 cm³/mol. The fourth-order valence-corrected chi connectivity index (χ4v) is 6.73. The van der Waals surface area contributed by atoms with Crippen LogP contribution in [0.1, 0.15) is 29.6 Å². The van der Waals surface area contributed by atoms with Crippen LogP contribution in [0.3, 0.4) is 0 Å². The molecule has 3 N–H and O–H groups in total.